The number of nitrogens with one attached hydrogen (secondary N) is 1. The number of alkyl carbamates (subject to hydrolysis) is 1. The highest BCUT2D eigenvalue weighted by atomic mass is 16.5. The van der Waals surface area contributed by atoms with Crippen LogP contribution in [0.2, 0.25) is 0 Å². The molecule has 3 aromatic carbocycles. The van der Waals surface area contributed by atoms with E-state index in [-0.39, 0.29) is 25.4 Å². The van der Waals surface area contributed by atoms with Crippen molar-refractivity contribution in [2.24, 2.45) is 0 Å². The molecule has 8 heteroatoms. The molecule has 4 rings (SSSR count). The summed E-state index contributed by atoms with van der Waals surface area (Å²) in [5.41, 5.74) is 4.45. The van der Waals surface area contributed by atoms with Crippen molar-refractivity contribution in [2.75, 3.05) is 31.1 Å². The number of anilines is 1. The molecule has 0 aliphatic carbocycles. The lowest BCUT2D eigenvalue weighted by Gasteiger charge is -2.36. The summed E-state index contributed by atoms with van der Waals surface area (Å²) in [4.78, 5) is 40.4. The van der Waals surface area contributed by atoms with Crippen molar-refractivity contribution in [3.8, 4) is 0 Å². The fourth-order valence-electron chi connectivity index (χ4n) is 4.46. The Morgan fingerprint density at radius 2 is 1.37 bits per heavy atom. The number of piperazine rings is 1. The molecule has 3 aromatic rings. The predicted molar refractivity (Wildman–Crippen MR) is 145 cm³/mol. The summed E-state index contributed by atoms with van der Waals surface area (Å²) < 4.78 is 5.11. The molecule has 0 saturated carbocycles. The van der Waals surface area contributed by atoms with Gasteiger partial charge in [-0.25, -0.2) is 9.59 Å². The summed E-state index contributed by atoms with van der Waals surface area (Å²) in [6.07, 6.45) is 0.0967. The molecule has 1 aliphatic heterocycles. The van der Waals surface area contributed by atoms with Gasteiger partial charge in [-0.1, -0.05) is 72.8 Å². The maximum absolute atomic E-state index is 12.8. The Balaban J connectivity index is 1.19. The van der Waals surface area contributed by atoms with Crippen LogP contribution < -0.4 is 10.2 Å². The first kappa shape index (κ1) is 26.7. The van der Waals surface area contributed by atoms with Gasteiger partial charge in [0.1, 0.15) is 12.6 Å². The third kappa shape index (κ3) is 7.83. The summed E-state index contributed by atoms with van der Waals surface area (Å²) in [6, 6.07) is 26.8. The number of ether oxygens (including phenoxy) is 1. The topological polar surface area (TPSA) is 99.2 Å². The van der Waals surface area contributed by atoms with Gasteiger partial charge < -0.3 is 25.0 Å². The standard InChI is InChI=1S/C30H33N3O5/c34-28(16-15-27(29(35)36)31-30(37)38-22-25-9-5-2-6-10-25)33-19-17-32(18-20-33)26-13-11-24(12-14-26)21-23-7-3-1-4-8-23/h1-14,27H,15-22H2,(H,31,37)(H,35,36)/t27-/m0/s1. The summed E-state index contributed by atoms with van der Waals surface area (Å²) in [7, 11) is 0. The molecule has 0 aromatic heterocycles. The van der Waals surface area contributed by atoms with E-state index in [1.165, 1.54) is 11.1 Å². The van der Waals surface area contributed by atoms with Crippen LogP contribution in [0.3, 0.4) is 0 Å². The van der Waals surface area contributed by atoms with Crippen LogP contribution in [0.15, 0.2) is 84.9 Å². The number of hydrogen-bond donors (Lipinski definition) is 2. The van der Waals surface area contributed by atoms with E-state index in [4.69, 9.17) is 4.74 Å². The van der Waals surface area contributed by atoms with Crippen LogP contribution in [0, 0.1) is 0 Å². The molecule has 1 fully saturated rings. The van der Waals surface area contributed by atoms with Gasteiger partial charge in [0.15, 0.2) is 0 Å². The SMILES string of the molecule is O=C(N[C@@H](CCC(=O)N1CCN(c2ccc(Cc3ccccc3)cc2)CC1)C(=O)O)OCc1ccccc1. The first-order valence-electron chi connectivity index (χ1n) is 12.8. The number of carbonyl (C=O) groups is 3. The zero-order valence-corrected chi connectivity index (χ0v) is 21.3. The van der Waals surface area contributed by atoms with Gasteiger partial charge in [0, 0.05) is 38.3 Å². The van der Waals surface area contributed by atoms with E-state index in [9.17, 15) is 19.5 Å². The van der Waals surface area contributed by atoms with Crippen LogP contribution in [0.25, 0.3) is 0 Å². The molecule has 1 saturated heterocycles. The van der Waals surface area contributed by atoms with Crippen LogP contribution in [-0.4, -0.2) is 60.2 Å². The second-order valence-corrected chi connectivity index (χ2v) is 9.33. The Morgan fingerprint density at radius 1 is 0.789 bits per heavy atom. The smallest absolute Gasteiger partial charge is 0.408 e. The number of rotatable bonds is 10. The molecule has 38 heavy (non-hydrogen) atoms. The minimum absolute atomic E-state index is 0.00229. The first-order valence-corrected chi connectivity index (χ1v) is 12.8. The van der Waals surface area contributed by atoms with Crippen molar-refractivity contribution in [3.05, 3.63) is 102 Å². The van der Waals surface area contributed by atoms with Crippen molar-refractivity contribution in [1.82, 2.24) is 10.2 Å². The number of carboxylic acids is 1. The van der Waals surface area contributed by atoms with Gasteiger partial charge in [-0.2, -0.15) is 0 Å². The summed E-state index contributed by atoms with van der Waals surface area (Å²) in [5, 5.41) is 11.8. The highest BCUT2D eigenvalue weighted by Crippen LogP contribution is 2.19. The third-order valence-electron chi connectivity index (χ3n) is 6.63. The molecular formula is C30H33N3O5. The number of benzene rings is 3. The molecular weight excluding hydrogens is 482 g/mol. The molecule has 0 unspecified atom stereocenters. The van der Waals surface area contributed by atoms with Crippen LogP contribution in [0.5, 0.6) is 0 Å². The highest BCUT2D eigenvalue weighted by molar-refractivity contribution is 5.82. The molecule has 2 N–H and O–H groups in total. The van der Waals surface area contributed by atoms with Crippen molar-refractivity contribution in [1.29, 1.82) is 0 Å². The number of amides is 2. The predicted octanol–water partition coefficient (Wildman–Crippen LogP) is 4.09. The largest absolute Gasteiger partial charge is 0.480 e. The summed E-state index contributed by atoms with van der Waals surface area (Å²) >= 11 is 0. The number of nitrogens with zero attached hydrogens (tertiary/aromatic N) is 2. The minimum Gasteiger partial charge on any atom is -0.480 e. The number of carbonyl (C=O) groups excluding carboxylic acids is 2. The molecule has 1 aliphatic rings. The minimum atomic E-state index is -1.20. The lowest BCUT2D eigenvalue weighted by atomic mass is 10.0. The van der Waals surface area contributed by atoms with Gasteiger partial charge in [0.05, 0.1) is 0 Å². The number of hydrogen-bond acceptors (Lipinski definition) is 5. The van der Waals surface area contributed by atoms with Crippen LogP contribution in [0.4, 0.5) is 10.5 Å². The molecule has 0 radical (unpaired) electrons. The molecule has 0 bridgehead atoms. The van der Waals surface area contributed by atoms with E-state index in [2.05, 4.69) is 46.6 Å². The van der Waals surface area contributed by atoms with E-state index >= 15 is 0 Å². The van der Waals surface area contributed by atoms with Crippen molar-refractivity contribution < 1.29 is 24.2 Å². The Labute approximate surface area is 222 Å². The average molecular weight is 516 g/mol. The van der Waals surface area contributed by atoms with Gasteiger partial charge in [-0.15, -0.1) is 0 Å². The Morgan fingerprint density at radius 3 is 1.97 bits per heavy atom. The van der Waals surface area contributed by atoms with Gasteiger partial charge in [-0.05, 0) is 41.7 Å². The number of aliphatic carboxylic acids is 1. The molecule has 8 nitrogen and oxygen atoms in total. The van der Waals surface area contributed by atoms with Gasteiger partial charge in [-0.3, -0.25) is 4.79 Å². The number of carboxylic acid groups (broad SMARTS) is 1. The fourth-order valence-corrected chi connectivity index (χ4v) is 4.46. The zero-order chi connectivity index (χ0) is 26.7. The van der Waals surface area contributed by atoms with Gasteiger partial charge in [0.2, 0.25) is 5.91 Å². The Kier molecular flexibility index (Phi) is 9.34. The molecule has 198 valence electrons. The molecule has 0 spiro atoms. The lowest BCUT2D eigenvalue weighted by molar-refractivity contribution is -0.140. The zero-order valence-electron chi connectivity index (χ0n) is 21.3. The van der Waals surface area contributed by atoms with Crippen LogP contribution in [0.1, 0.15) is 29.5 Å². The molecule has 2 amide bonds. The fraction of sp³-hybridized carbons (Fsp3) is 0.300. The second kappa shape index (κ2) is 13.3. The van der Waals surface area contributed by atoms with Crippen molar-refractivity contribution in [2.45, 2.75) is 31.9 Å². The first-order chi connectivity index (χ1) is 18.5. The van der Waals surface area contributed by atoms with E-state index in [1.54, 1.807) is 17.0 Å². The summed E-state index contributed by atoms with van der Waals surface area (Å²) in [5.74, 6) is -1.32. The van der Waals surface area contributed by atoms with Crippen LogP contribution in [-0.2, 0) is 27.4 Å². The van der Waals surface area contributed by atoms with Crippen molar-refractivity contribution in [3.63, 3.8) is 0 Å². The highest BCUT2D eigenvalue weighted by Gasteiger charge is 2.25. The quantitative estimate of drug-likeness (QED) is 0.422. The molecule has 1 atom stereocenters. The Bertz CT molecular complexity index is 1190. The normalized spacial score (nSPS) is 14.0. The molecule has 1 heterocycles. The van der Waals surface area contributed by atoms with E-state index in [0.29, 0.717) is 26.2 Å². The van der Waals surface area contributed by atoms with Crippen LogP contribution >= 0.6 is 0 Å². The Hall–Kier alpha value is -4.33. The van der Waals surface area contributed by atoms with E-state index < -0.39 is 18.1 Å². The maximum atomic E-state index is 12.8. The lowest BCUT2D eigenvalue weighted by Crippen LogP contribution is -2.49. The van der Waals surface area contributed by atoms with Crippen molar-refractivity contribution >= 4 is 23.7 Å². The van der Waals surface area contributed by atoms with Gasteiger partial charge in [0.25, 0.3) is 0 Å². The average Bonchev–Trinajstić information content (AvgIpc) is 2.95. The van der Waals surface area contributed by atoms with Gasteiger partial charge >= 0.3 is 12.1 Å². The maximum Gasteiger partial charge on any atom is 0.408 e. The monoisotopic (exact) mass is 515 g/mol. The summed E-state index contributed by atoms with van der Waals surface area (Å²) in [6.45, 7) is 2.58. The third-order valence-corrected chi connectivity index (χ3v) is 6.63. The van der Waals surface area contributed by atoms with E-state index in [0.717, 1.165) is 17.7 Å². The van der Waals surface area contributed by atoms with E-state index in [1.807, 2.05) is 36.4 Å². The second-order valence-electron chi connectivity index (χ2n) is 9.33.